The van der Waals surface area contributed by atoms with E-state index in [1.165, 1.54) is 6.07 Å². The number of esters is 1. The molecule has 0 saturated carbocycles. The van der Waals surface area contributed by atoms with Crippen molar-refractivity contribution in [3.05, 3.63) is 94.0 Å². The van der Waals surface area contributed by atoms with Crippen LogP contribution in [0.3, 0.4) is 0 Å². The molecule has 0 radical (unpaired) electrons. The lowest BCUT2D eigenvalue weighted by Gasteiger charge is -2.07. The maximum absolute atomic E-state index is 12.2. The number of anilines is 1. The maximum Gasteiger partial charge on any atom is 0.345 e. The summed E-state index contributed by atoms with van der Waals surface area (Å²) in [6, 6.07) is 19.5. The highest BCUT2D eigenvalue weighted by molar-refractivity contribution is 6.40. The number of hydrogen-bond acceptors (Lipinski definition) is 5. The summed E-state index contributed by atoms with van der Waals surface area (Å²) < 4.78 is 5.32. The number of carbonyl (C=O) groups is 3. The standard InChI is InChI=1S/C23H17Cl2N3O4/c1-14(27-28-22(30)21(29)26-17-6-4-5-16(24)13-17)15-9-11-18(12-10-15)32-23(31)19-7-2-3-8-20(19)25/h2-13H,1H3,(H,26,29)(H,28,30)/b27-14+. The number of carbonyl (C=O) groups excluding carboxylic acids is 3. The molecule has 0 aliphatic rings. The van der Waals surface area contributed by atoms with Crippen molar-refractivity contribution in [1.29, 1.82) is 0 Å². The lowest BCUT2D eigenvalue weighted by Crippen LogP contribution is -2.32. The van der Waals surface area contributed by atoms with Gasteiger partial charge in [0, 0.05) is 10.7 Å². The van der Waals surface area contributed by atoms with Crippen molar-refractivity contribution in [2.45, 2.75) is 6.92 Å². The minimum atomic E-state index is -0.936. The van der Waals surface area contributed by atoms with E-state index in [0.717, 1.165) is 0 Å². The second-order valence-corrected chi connectivity index (χ2v) is 7.34. The van der Waals surface area contributed by atoms with Crippen LogP contribution in [0.1, 0.15) is 22.8 Å². The fourth-order valence-electron chi connectivity index (χ4n) is 2.56. The average molecular weight is 470 g/mol. The number of nitrogens with one attached hydrogen (secondary N) is 2. The smallest absolute Gasteiger partial charge is 0.345 e. The van der Waals surface area contributed by atoms with Crippen molar-refractivity contribution in [1.82, 2.24) is 5.43 Å². The van der Waals surface area contributed by atoms with E-state index in [4.69, 9.17) is 27.9 Å². The fraction of sp³-hybridized carbons (Fsp3) is 0.0435. The Morgan fingerprint density at radius 2 is 1.59 bits per heavy atom. The first kappa shape index (κ1) is 23.0. The molecule has 3 aromatic rings. The highest BCUT2D eigenvalue weighted by Gasteiger charge is 2.14. The Hall–Kier alpha value is -3.68. The van der Waals surface area contributed by atoms with Crippen LogP contribution in [-0.4, -0.2) is 23.5 Å². The first-order chi connectivity index (χ1) is 15.3. The first-order valence-corrected chi connectivity index (χ1v) is 10.1. The quantitative estimate of drug-likeness (QED) is 0.186. The molecule has 0 unspecified atom stereocenters. The molecule has 3 rings (SSSR count). The summed E-state index contributed by atoms with van der Waals surface area (Å²) in [7, 11) is 0. The van der Waals surface area contributed by atoms with Gasteiger partial charge < -0.3 is 10.1 Å². The molecule has 3 aromatic carbocycles. The van der Waals surface area contributed by atoms with E-state index in [1.807, 2.05) is 0 Å². The van der Waals surface area contributed by atoms with Crippen LogP contribution in [0.4, 0.5) is 5.69 Å². The van der Waals surface area contributed by atoms with Crippen LogP contribution in [-0.2, 0) is 9.59 Å². The van der Waals surface area contributed by atoms with Gasteiger partial charge in [0.25, 0.3) is 0 Å². The molecular formula is C23H17Cl2N3O4. The lowest BCUT2D eigenvalue weighted by molar-refractivity contribution is -0.136. The van der Waals surface area contributed by atoms with Crippen molar-refractivity contribution in [2.75, 3.05) is 5.32 Å². The Kier molecular flexibility index (Phi) is 7.59. The number of halogens is 2. The van der Waals surface area contributed by atoms with Gasteiger partial charge in [0.2, 0.25) is 0 Å². The zero-order valence-corrected chi connectivity index (χ0v) is 18.3. The van der Waals surface area contributed by atoms with Crippen LogP contribution < -0.4 is 15.5 Å². The Morgan fingerprint density at radius 1 is 0.875 bits per heavy atom. The maximum atomic E-state index is 12.2. The Bertz CT molecular complexity index is 1190. The highest BCUT2D eigenvalue weighted by atomic mass is 35.5. The molecule has 0 atom stereocenters. The zero-order valence-electron chi connectivity index (χ0n) is 16.8. The molecule has 7 nitrogen and oxygen atoms in total. The second kappa shape index (κ2) is 10.6. The largest absolute Gasteiger partial charge is 0.423 e. The molecule has 2 amide bonds. The fourth-order valence-corrected chi connectivity index (χ4v) is 2.96. The first-order valence-electron chi connectivity index (χ1n) is 9.32. The summed E-state index contributed by atoms with van der Waals surface area (Å²) in [6.45, 7) is 1.65. The summed E-state index contributed by atoms with van der Waals surface area (Å²) in [5, 5.41) is 7.08. The van der Waals surface area contributed by atoms with Crippen LogP contribution in [0.15, 0.2) is 77.9 Å². The van der Waals surface area contributed by atoms with Gasteiger partial charge >= 0.3 is 17.8 Å². The number of amides is 2. The van der Waals surface area contributed by atoms with Crippen molar-refractivity contribution in [3.63, 3.8) is 0 Å². The van der Waals surface area contributed by atoms with Crippen molar-refractivity contribution < 1.29 is 19.1 Å². The van der Waals surface area contributed by atoms with Crippen molar-refractivity contribution >= 4 is 52.4 Å². The van der Waals surface area contributed by atoms with Gasteiger partial charge in [-0.3, -0.25) is 9.59 Å². The van der Waals surface area contributed by atoms with Gasteiger partial charge in [0.15, 0.2) is 0 Å². The molecule has 162 valence electrons. The minimum Gasteiger partial charge on any atom is -0.423 e. The third kappa shape index (κ3) is 6.16. The molecular weight excluding hydrogens is 453 g/mol. The summed E-state index contributed by atoms with van der Waals surface area (Å²) >= 11 is 11.8. The predicted octanol–water partition coefficient (Wildman–Crippen LogP) is 4.69. The number of hydrazone groups is 1. The molecule has 9 heteroatoms. The third-order valence-corrected chi connectivity index (χ3v) is 4.75. The van der Waals surface area contributed by atoms with Gasteiger partial charge in [-0.05, 0) is 67.1 Å². The molecule has 0 aromatic heterocycles. The van der Waals surface area contributed by atoms with Gasteiger partial charge in [0.05, 0.1) is 16.3 Å². The lowest BCUT2D eigenvalue weighted by atomic mass is 10.1. The minimum absolute atomic E-state index is 0.259. The van der Waals surface area contributed by atoms with Gasteiger partial charge in [-0.25, -0.2) is 10.2 Å². The third-order valence-electron chi connectivity index (χ3n) is 4.19. The van der Waals surface area contributed by atoms with Crippen LogP contribution in [0, 0.1) is 0 Å². The molecule has 2 N–H and O–H groups in total. The number of benzene rings is 3. The van der Waals surface area contributed by atoms with Crippen LogP contribution >= 0.6 is 23.2 Å². The molecule has 0 aliphatic carbocycles. The molecule has 0 heterocycles. The molecule has 0 aliphatic heterocycles. The van der Waals surface area contributed by atoms with E-state index < -0.39 is 17.8 Å². The number of rotatable bonds is 5. The SMILES string of the molecule is C/C(=N\NC(=O)C(=O)Nc1cccc(Cl)c1)c1ccc(OC(=O)c2ccccc2Cl)cc1. The highest BCUT2D eigenvalue weighted by Crippen LogP contribution is 2.19. The molecule has 0 bridgehead atoms. The van der Waals surface area contributed by atoms with Gasteiger partial charge in [-0.2, -0.15) is 5.10 Å². The summed E-state index contributed by atoms with van der Waals surface area (Å²) in [5.74, 6) is -2.08. The molecule has 32 heavy (non-hydrogen) atoms. The monoisotopic (exact) mass is 469 g/mol. The second-order valence-electron chi connectivity index (χ2n) is 6.50. The van der Waals surface area contributed by atoms with Crippen LogP contribution in [0.5, 0.6) is 5.75 Å². The average Bonchev–Trinajstić information content (AvgIpc) is 2.78. The number of nitrogens with zero attached hydrogens (tertiary/aromatic N) is 1. The summed E-state index contributed by atoms with van der Waals surface area (Å²) in [4.78, 5) is 36.2. The molecule has 0 fully saturated rings. The van der Waals surface area contributed by atoms with E-state index in [9.17, 15) is 14.4 Å². The van der Waals surface area contributed by atoms with Crippen LogP contribution in [0.2, 0.25) is 10.0 Å². The predicted molar refractivity (Wildman–Crippen MR) is 123 cm³/mol. The van der Waals surface area contributed by atoms with E-state index in [1.54, 1.807) is 73.7 Å². The van der Waals surface area contributed by atoms with Gasteiger partial charge in [-0.15, -0.1) is 0 Å². The van der Waals surface area contributed by atoms with E-state index >= 15 is 0 Å². The van der Waals surface area contributed by atoms with E-state index in [2.05, 4.69) is 15.8 Å². The zero-order chi connectivity index (χ0) is 23.1. The Labute approximate surface area is 194 Å². The Morgan fingerprint density at radius 3 is 2.28 bits per heavy atom. The van der Waals surface area contributed by atoms with Gasteiger partial charge in [0.1, 0.15) is 5.75 Å². The summed E-state index contributed by atoms with van der Waals surface area (Å²) in [5.41, 5.74) is 3.94. The van der Waals surface area contributed by atoms with Crippen LogP contribution in [0.25, 0.3) is 0 Å². The van der Waals surface area contributed by atoms with E-state index in [-0.39, 0.29) is 5.56 Å². The molecule has 0 spiro atoms. The topological polar surface area (TPSA) is 96.9 Å². The normalized spacial score (nSPS) is 10.9. The van der Waals surface area contributed by atoms with Crippen molar-refractivity contribution in [3.8, 4) is 5.75 Å². The van der Waals surface area contributed by atoms with E-state index in [0.29, 0.717) is 32.8 Å². The number of hydrogen-bond donors (Lipinski definition) is 2. The van der Waals surface area contributed by atoms with Crippen molar-refractivity contribution in [2.24, 2.45) is 5.10 Å². The Balaban J connectivity index is 1.58. The van der Waals surface area contributed by atoms with Gasteiger partial charge in [-0.1, -0.05) is 41.4 Å². The molecule has 0 saturated heterocycles. The summed E-state index contributed by atoms with van der Waals surface area (Å²) in [6.07, 6.45) is 0. The number of ether oxygens (including phenoxy) is 1.